The van der Waals surface area contributed by atoms with Gasteiger partial charge in [0, 0.05) is 13.1 Å². The summed E-state index contributed by atoms with van der Waals surface area (Å²) in [7, 11) is 1.71. The van der Waals surface area contributed by atoms with E-state index in [1.807, 2.05) is 0 Å². The molecule has 0 spiro atoms. The van der Waals surface area contributed by atoms with E-state index in [0.717, 1.165) is 50.9 Å². The minimum atomic E-state index is -0.625. The number of primary amides is 1. The lowest BCUT2D eigenvalue weighted by Crippen LogP contribution is -2.50. The summed E-state index contributed by atoms with van der Waals surface area (Å²) < 4.78 is 0. The van der Waals surface area contributed by atoms with E-state index in [2.05, 4.69) is 10.6 Å². The summed E-state index contributed by atoms with van der Waals surface area (Å²) in [5.74, 6) is 1.10. The molecule has 0 aromatic rings. The molecule has 0 unspecified atom stereocenters. The van der Waals surface area contributed by atoms with E-state index < -0.39 is 5.54 Å². The fourth-order valence-electron chi connectivity index (χ4n) is 5.52. The first-order valence-electron chi connectivity index (χ1n) is 11.1. The molecule has 0 aromatic heterocycles. The molecule has 0 radical (unpaired) electrons. The predicted octanol–water partition coefficient (Wildman–Crippen LogP) is 2.11. The highest BCUT2D eigenvalue weighted by atomic mass is 16.2. The molecule has 5 N–H and O–H groups in total. The molecule has 1 saturated heterocycles. The van der Waals surface area contributed by atoms with Gasteiger partial charge in [-0.2, -0.15) is 0 Å². The van der Waals surface area contributed by atoms with Gasteiger partial charge in [0.1, 0.15) is 5.54 Å². The molecule has 1 heterocycles. The monoisotopic (exact) mass is 391 g/mol. The van der Waals surface area contributed by atoms with Crippen molar-refractivity contribution in [2.24, 2.45) is 17.6 Å². The van der Waals surface area contributed by atoms with Crippen molar-refractivity contribution < 1.29 is 9.59 Å². The highest BCUT2D eigenvalue weighted by molar-refractivity contribution is 6.07. The highest BCUT2D eigenvalue weighted by Crippen LogP contribution is 2.38. The molecule has 2 amide bonds. The van der Waals surface area contributed by atoms with Crippen molar-refractivity contribution in [3.05, 3.63) is 0 Å². The first kappa shape index (κ1) is 21.1. The first-order chi connectivity index (χ1) is 13.4. The Morgan fingerprint density at radius 2 is 1.93 bits per heavy atom. The number of nitrogens with zero attached hydrogens (tertiary/aromatic N) is 1. The Morgan fingerprint density at radius 3 is 2.57 bits per heavy atom. The fraction of sp³-hybridized carbons (Fsp3) is 0.857. The summed E-state index contributed by atoms with van der Waals surface area (Å²) in [6.07, 6.45) is 13.4. The Bertz CT molecular complexity index is 589. The van der Waals surface area contributed by atoms with Crippen molar-refractivity contribution >= 4 is 17.8 Å². The molecule has 3 fully saturated rings. The van der Waals surface area contributed by atoms with Crippen LogP contribution in [-0.4, -0.2) is 47.8 Å². The van der Waals surface area contributed by atoms with Crippen LogP contribution in [0.25, 0.3) is 0 Å². The summed E-state index contributed by atoms with van der Waals surface area (Å²) in [6, 6.07) is 0.287. The molecule has 0 bridgehead atoms. The molecular formula is C21H37N5O2. The standard InChI is InChI=1S/C21H37N5O2/c1-26-19(28)21(25-20(26)23,11-10-15-6-3-2-4-7-15)13-16-8-5-9-17(12-16)24-14-18(22)27/h15-17,24H,2-14H2,1H3,(H2,22,27)(H2,23,25)/t16-,17+,21-/m1/s1. The zero-order valence-corrected chi connectivity index (χ0v) is 17.3. The van der Waals surface area contributed by atoms with Crippen LogP contribution in [0.4, 0.5) is 0 Å². The number of carbonyl (C=O) groups excluding carboxylic acids is 2. The van der Waals surface area contributed by atoms with E-state index in [1.165, 1.54) is 37.0 Å². The molecule has 3 aliphatic rings. The topological polar surface area (TPSA) is 111 Å². The van der Waals surface area contributed by atoms with Crippen LogP contribution in [0.15, 0.2) is 0 Å². The Morgan fingerprint density at radius 1 is 1.21 bits per heavy atom. The number of nitrogens with one attached hydrogen (secondary N) is 3. The van der Waals surface area contributed by atoms with Gasteiger partial charge in [-0.15, -0.1) is 0 Å². The molecule has 7 nitrogen and oxygen atoms in total. The van der Waals surface area contributed by atoms with Crippen LogP contribution in [0, 0.1) is 17.2 Å². The minimum absolute atomic E-state index is 0.0560. The van der Waals surface area contributed by atoms with Crippen LogP contribution in [0.1, 0.15) is 77.0 Å². The summed E-state index contributed by atoms with van der Waals surface area (Å²) in [5.41, 5.74) is 4.65. The molecule has 7 heteroatoms. The van der Waals surface area contributed by atoms with Gasteiger partial charge in [-0.1, -0.05) is 44.9 Å². The average Bonchev–Trinajstić information content (AvgIpc) is 2.90. The number of nitrogens with two attached hydrogens (primary N) is 1. The fourth-order valence-corrected chi connectivity index (χ4v) is 5.52. The Hall–Kier alpha value is -1.63. The van der Waals surface area contributed by atoms with E-state index in [0.29, 0.717) is 5.92 Å². The summed E-state index contributed by atoms with van der Waals surface area (Å²) >= 11 is 0. The van der Waals surface area contributed by atoms with Crippen molar-refractivity contribution in [3.63, 3.8) is 0 Å². The summed E-state index contributed by atoms with van der Waals surface area (Å²) in [5, 5.41) is 14.7. The second kappa shape index (κ2) is 9.25. The third-order valence-electron chi connectivity index (χ3n) is 7.10. The van der Waals surface area contributed by atoms with Gasteiger partial charge < -0.3 is 16.4 Å². The number of hydrogen-bond acceptors (Lipinski definition) is 4. The normalized spacial score (nSPS) is 31.8. The highest BCUT2D eigenvalue weighted by Gasteiger charge is 2.49. The van der Waals surface area contributed by atoms with Crippen LogP contribution in [0.3, 0.4) is 0 Å². The van der Waals surface area contributed by atoms with Crippen molar-refractivity contribution in [3.8, 4) is 0 Å². The zero-order valence-electron chi connectivity index (χ0n) is 17.3. The molecule has 1 aliphatic heterocycles. The Kier molecular flexibility index (Phi) is 6.96. The Labute approximate surface area is 168 Å². The molecule has 2 saturated carbocycles. The van der Waals surface area contributed by atoms with Crippen LogP contribution in [0.5, 0.6) is 0 Å². The van der Waals surface area contributed by atoms with Gasteiger partial charge in [0.25, 0.3) is 5.91 Å². The third kappa shape index (κ3) is 5.04. The number of guanidine groups is 1. The molecule has 158 valence electrons. The second-order valence-corrected chi connectivity index (χ2v) is 9.24. The van der Waals surface area contributed by atoms with Crippen LogP contribution in [-0.2, 0) is 9.59 Å². The molecule has 0 aromatic carbocycles. The smallest absolute Gasteiger partial charge is 0.254 e. The predicted molar refractivity (Wildman–Crippen MR) is 110 cm³/mol. The van der Waals surface area contributed by atoms with E-state index in [9.17, 15) is 9.59 Å². The quantitative estimate of drug-likeness (QED) is 0.508. The zero-order chi connectivity index (χ0) is 20.1. The average molecular weight is 392 g/mol. The first-order valence-corrected chi connectivity index (χ1v) is 11.1. The minimum Gasteiger partial charge on any atom is -0.369 e. The number of hydrogen-bond donors (Lipinski definition) is 4. The van der Waals surface area contributed by atoms with Crippen molar-refractivity contribution in [1.29, 1.82) is 5.41 Å². The largest absolute Gasteiger partial charge is 0.369 e. The van der Waals surface area contributed by atoms with Gasteiger partial charge in [-0.05, 0) is 43.9 Å². The molecule has 2 aliphatic carbocycles. The SMILES string of the molecule is CN1C(=N)N[C@](CCC2CCCCC2)(C[C@@H]2CCC[C@H](NCC(N)=O)C2)C1=O. The van der Waals surface area contributed by atoms with Crippen molar-refractivity contribution in [1.82, 2.24) is 15.5 Å². The maximum atomic E-state index is 13.1. The number of likely N-dealkylation sites (N-methyl/N-ethyl adjacent to an activating group) is 1. The van der Waals surface area contributed by atoms with Gasteiger partial charge >= 0.3 is 0 Å². The van der Waals surface area contributed by atoms with E-state index in [1.54, 1.807) is 7.05 Å². The van der Waals surface area contributed by atoms with Gasteiger partial charge in [-0.25, -0.2) is 0 Å². The van der Waals surface area contributed by atoms with Crippen LogP contribution in [0.2, 0.25) is 0 Å². The Balaban J connectivity index is 1.64. The molecular weight excluding hydrogens is 354 g/mol. The molecule has 28 heavy (non-hydrogen) atoms. The lowest BCUT2D eigenvalue weighted by Gasteiger charge is -2.36. The van der Waals surface area contributed by atoms with Gasteiger partial charge in [0.15, 0.2) is 5.96 Å². The summed E-state index contributed by atoms with van der Waals surface area (Å²) in [4.78, 5) is 25.7. The number of amides is 2. The van der Waals surface area contributed by atoms with Gasteiger partial charge in [0.2, 0.25) is 5.91 Å². The van der Waals surface area contributed by atoms with E-state index in [4.69, 9.17) is 11.1 Å². The summed E-state index contributed by atoms with van der Waals surface area (Å²) in [6.45, 7) is 0.217. The van der Waals surface area contributed by atoms with Crippen molar-refractivity contribution in [2.45, 2.75) is 88.6 Å². The maximum absolute atomic E-state index is 13.1. The van der Waals surface area contributed by atoms with E-state index >= 15 is 0 Å². The number of rotatable bonds is 8. The molecule has 3 rings (SSSR count). The van der Waals surface area contributed by atoms with Gasteiger partial charge in [-0.3, -0.25) is 19.9 Å². The molecule has 3 atom stereocenters. The van der Waals surface area contributed by atoms with Gasteiger partial charge in [0.05, 0.1) is 6.54 Å². The lowest BCUT2D eigenvalue weighted by atomic mass is 9.74. The van der Waals surface area contributed by atoms with Crippen molar-refractivity contribution in [2.75, 3.05) is 13.6 Å². The van der Waals surface area contributed by atoms with Crippen LogP contribution < -0.4 is 16.4 Å². The van der Waals surface area contributed by atoms with E-state index in [-0.39, 0.29) is 30.4 Å². The third-order valence-corrected chi connectivity index (χ3v) is 7.10. The maximum Gasteiger partial charge on any atom is 0.254 e. The second-order valence-electron chi connectivity index (χ2n) is 9.24. The lowest BCUT2D eigenvalue weighted by molar-refractivity contribution is -0.131. The number of carbonyl (C=O) groups is 2. The van der Waals surface area contributed by atoms with Crippen LogP contribution >= 0.6 is 0 Å².